The van der Waals surface area contributed by atoms with Gasteiger partial charge in [0.2, 0.25) is 0 Å². The van der Waals surface area contributed by atoms with Crippen molar-refractivity contribution in [1.82, 2.24) is 9.97 Å². The Labute approximate surface area is 128 Å². The van der Waals surface area contributed by atoms with Crippen LogP contribution in [0.3, 0.4) is 0 Å². The van der Waals surface area contributed by atoms with Crippen LogP contribution in [0.2, 0.25) is 0 Å². The fraction of sp³-hybridized carbons (Fsp3) is 0.750. The summed E-state index contributed by atoms with van der Waals surface area (Å²) in [6.07, 6.45) is 8.76. The summed E-state index contributed by atoms with van der Waals surface area (Å²) in [5.74, 6) is 8.71. The van der Waals surface area contributed by atoms with Gasteiger partial charge in [-0.1, -0.05) is 40.0 Å². The van der Waals surface area contributed by atoms with E-state index in [4.69, 9.17) is 5.84 Å². The van der Waals surface area contributed by atoms with Crippen LogP contribution in [0.15, 0.2) is 6.33 Å². The molecule has 1 aromatic heterocycles. The number of hydrazine groups is 1. The molecular formula is C16H29N5. The predicted molar refractivity (Wildman–Crippen MR) is 88.0 cm³/mol. The number of anilines is 2. The highest BCUT2D eigenvalue weighted by molar-refractivity contribution is 5.57. The average molecular weight is 291 g/mol. The highest BCUT2D eigenvalue weighted by atomic mass is 15.3. The lowest BCUT2D eigenvalue weighted by Crippen LogP contribution is -2.36. The number of nitrogens with one attached hydrogen (secondary N) is 2. The van der Waals surface area contributed by atoms with Crippen LogP contribution in [0.5, 0.6) is 0 Å². The Morgan fingerprint density at radius 1 is 1.24 bits per heavy atom. The molecule has 1 heterocycles. The summed E-state index contributed by atoms with van der Waals surface area (Å²) < 4.78 is 0. The maximum Gasteiger partial charge on any atom is 0.148 e. The fourth-order valence-electron chi connectivity index (χ4n) is 3.46. The van der Waals surface area contributed by atoms with E-state index in [1.165, 1.54) is 25.7 Å². The van der Waals surface area contributed by atoms with Crippen molar-refractivity contribution in [3.05, 3.63) is 11.9 Å². The molecule has 118 valence electrons. The maximum atomic E-state index is 5.59. The number of aromatic nitrogens is 2. The van der Waals surface area contributed by atoms with Gasteiger partial charge in [-0.25, -0.2) is 15.8 Å². The molecule has 0 aliphatic heterocycles. The molecule has 1 aliphatic carbocycles. The highest BCUT2D eigenvalue weighted by Crippen LogP contribution is 2.33. The minimum Gasteiger partial charge on any atom is -0.367 e. The largest absolute Gasteiger partial charge is 0.367 e. The molecule has 5 heteroatoms. The quantitative estimate of drug-likeness (QED) is 0.553. The van der Waals surface area contributed by atoms with Crippen LogP contribution in [0.4, 0.5) is 11.6 Å². The first-order valence-electron chi connectivity index (χ1n) is 8.24. The third-order valence-corrected chi connectivity index (χ3v) is 4.58. The second-order valence-corrected chi connectivity index (χ2v) is 6.39. The zero-order chi connectivity index (χ0) is 15.2. The Hall–Kier alpha value is -1.36. The Morgan fingerprint density at radius 3 is 2.62 bits per heavy atom. The minimum absolute atomic E-state index is 0.509. The Kier molecular flexibility index (Phi) is 5.79. The smallest absolute Gasteiger partial charge is 0.148 e. The first-order valence-corrected chi connectivity index (χ1v) is 8.24. The molecule has 4 N–H and O–H groups in total. The molecule has 0 amide bonds. The van der Waals surface area contributed by atoms with Crippen molar-refractivity contribution in [2.45, 2.75) is 65.3 Å². The van der Waals surface area contributed by atoms with Crippen LogP contribution in [0, 0.1) is 11.8 Å². The standard InChI is InChI=1S/C16H29N5/c1-4-7-13-15(18-10-19-16(13)21-17)20-14-9-6-5-8-12(14)11(2)3/h10-12,14H,4-9,17H2,1-3H3,(H2,18,19,20,21). The van der Waals surface area contributed by atoms with Crippen molar-refractivity contribution in [1.29, 1.82) is 0 Å². The summed E-state index contributed by atoms with van der Waals surface area (Å²) in [7, 11) is 0. The van der Waals surface area contributed by atoms with Gasteiger partial charge in [0.1, 0.15) is 18.0 Å². The van der Waals surface area contributed by atoms with Crippen molar-refractivity contribution < 1.29 is 0 Å². The predicted octanol–water partition coefficient (Wildman–Crippen LogP) is 3.34. The Balaban J connectivity index is 2.21. The Bertz CT molecular complexity index is 446. The number of hydrogen-bond acceptors (Lipinski definition) is 5. The van der Waals surface area contributed by atoms with E-state index in [0.29, 0.717) is 12.0 Å². The van der Waals surface area contributed by atoms with Gasteiger partial charge in [0.15, 0.2) is 0 Å². The van der Waals surface area contributed by atoms with Gasteiger partial charge in [0.25, 0.3) is 0 Å². The second kappa shape index (κ2) is 7.59. The van der Waals surface area contributed by atoms with E-state index in [1.54, 1.807) is 6.33 Å². The third-order valence-electron chi connectivity index (χ3n) is 4.58. The van der Waals surface area contributed by atoms with Crippen LogP contribution in [-0.4, -0.2) is 16.0 Å². The molecule has 2 atom stereocenters. The van der Waals surface area contributed by atoms with Gasteiger partial charge in [0, 0.05) is 11.6 Å². The molecule has 1 saturated carbocycles. The van der Waals surface area contributed by atoms with Gasteiger partial charge in [-0.2, -0.15) is 0 Å². The normalized spacial score (nSPS) is 22.3. The first kappa shape index (κ1) is 16.0. The van der Waals surface area contributed by atoms with Crippen molar-refractivity contribution in [2.24, 2.45) is 17.7 Å². The number of nitrogens with zero attached hydrogens (tertiary/aromatic N) is 2. The van der Waals surface area contributed by atoms with Crippen molar-refractivity contribution >= 4 is 11.6 Å². The lowest BCUT2D eigenvalue weighted by Gasteiger charge is -2.35. The van der Waals surface area contributed by atoms with Gasteiger partial charge in [-0.15, -0.1) is 0 Å². The van der Waals surface area contributed by atoms with Gasteiger partial charge < -0.3 is 10.7 Å². The summed E-state index contributed by atoms with van der Waals surface area (Å²) in [6.45, 7) is 6.81. The molecule has 1 fully saturated rings. The van der Waals surface area contributed by atoms with Crippen LogP contribution in [0.1, 0.15) is 58.4 Å². The molecule has 21 heavy (non-hydrogen) atoms. The van der Waals surface area contributed by atoms with E-state index in [0.717, 1.165) is 36.0 Å². The molecule has 0 radical (unpaired) electrons. The second-order valence-electron chi connectivity index (χ2n) is 6.39. The van der Waals surface area contributed by atoms with Crippen molar-refractivity contribution in [3.63, 3.8) is 0 Å². The van der Waals surface area contributed by atoms with Gasteiger partial charge in [-0.05, 0) is 31.1 Å². The van der Waals surface area contributed by atoms with E-state index in [2.05, 4.69) is 41.5 Å². The minimum atomic E-state index is 0.509. The molecule has 1 aliphatic rings. The summed E-state index contributed by atoms with van der Waals surface area (Å²) in [5.41, 5.74) is 3.81. The number of rotatable bonds is 6. The lowest BCUT2D eigenvalue weighted by atomic mass is 9.78. The van der Waals surface area contributed by atoms with Crippen LogP contribution >= 0.6 is 0 Å². The SMILES string of the molecule is CCCc1c(NN)ncnc1NC1CCCCC1C(C)C. The first-order chi connectivity index (χ1) is 10.2. The molecule has 5 nitrogen and oxygen atoms in total. The van der Waals surface area contributed by atoms with Crippen LogP contribution < -0.4 is 16.6 Å². The van der Waals surface area contributed by atoms with Gasteiger partial charge >= 0.3 is 0 Å². The van der Waals surface area contributed by atoms with Gasteiger partial charge in [0.05, 0.1) is 0 Å². The summed E-state index contributed by atoms with van der Waals surface area (Å²) in [5, 5.41) is 3.69. The number of nitrogen functional groups attached to an aromatic ring is 1. The van der Waals surface area contributed by atoms with Crippen molar-refractivity contribution in [2.75, 3.05) is 10.7 Å². The topological polar surface area (TPSA) is 75.9 Å². The molecule has 1 aromatic rings. The molecule has 0 aromatic carbocycles. The monoisotopic (exact) mass is 291 g/mol. The summed E-state index contributed by atoms with van der Waals surface area (Å²) in [6, 6.07) is 0.509. The molecule has 0 saturated heterocycles. The third kappa shape index (κ3) is 3.84. The number of hydrogen-bond donors (Lipinski definition) is 3. The lowest BCUT2D eigenvalue weighted by molar-refractivity contribution is 0.253. The van der Waals surface area contributed by atoms with Gasteiger partial charge in [-0.3, -0.25) is 0 Å². The average Bonchev–Trinajstić information content (AvgIpc) is 2.49. The van der Waals surface area contributed by atoms with Crippen molar-refractivity contribution in [3.8, 4) is 0 Å². The summed E-state index contributed by atoms with van der Waals surface area (Å²) in [4.78, 5) is 8.71. The maximum absolute atomic E-state index is 5.59. The highest BCUT2D eigenvalue weighted by Gasteiger charge is 2.28. The zero-order valence-electron chi connectivity index (χ0n) is 13.5. The molecule has 2 rings (SSSR count). The molecule has 0 bridgehead atoms. The summed E-state index contributed by atoms with van der Waals surface area (Å²) >= 11 is 0. The fourth-order valence-corrected chi connectivity index (χ4v) is 3.46. The molecule has 0 spiro atoms. The Morgan fingerprint density at radius 2 is 1.95 bits per heavy atom. The van der Waals surface area contributed by atoms with E-state index in [9.17, 15) is 0 Å². The van der Waals surface area contributed by atoms with E-state index < -0.39 is 0 Å². The van der Waals surface area contributed by atoms with Crippen LogP contribution in [-0.2, 0) is 6.42 Å². The van der Waals surface area contributed by atoms with E-state index >= 15 is 0 Å². The molecule has 2 unspecified atom stereocenters. The van der Waals surface area contributed by atoms with E-state index in [1.807, 2.05) is 0 Å². The van der Waals surface area contributed by atoms with E-state index in [-0.39, 0.29) is 0 Å². The molecular weight excluding hydrogens is 262 g/mol. The number of nitrogens with two attached hydrogens (primary N) is 1. The van der Waals surface area contributed by atoms with Crippen LogP contribution in [0.25, 0.3) is 0 Å². The zero-order valence-corrected chi connectivity index (χ0v) is 13.5.